The Hall–Kier alpha value is -2.92. The van der Waals surface area contributed by atoms with Crippen molar-refractivity contribution in [3.63, 3.8) is 0 Å². The minimum absolute atomic E-state index is 0.0186. The second-order valence-electron chi connectivity index (χ2n) is 10.4. The van der Waals surface area contributed by atoms with Crippen molar-refractivity contribution in [3.8, 4) is 0 Å². The highest BCUT2D eigenvalue weighted by Crippen LogP contribution is 2.69. The van der Waals surface area contributed by atoms with Crippen LogP contribution in [-0.2, 0) is 25.8 Å². The highest BCUT2D eigenvalue weighted by atomic mass is 32.2. The van der Waals surface area contributed by atoms with Gasteiger partial charge in [-0.3, -0.25) is 14.4 Å². The molecule has 2 bridgehead atoms. The van der Waals surface area contributed by atoms with Crippen LogP contribution in [0.2, 0.25) is 0 Å². The van der Waals surface area contributed by atoms with Gasteiger partial charge in [-0.25, -0.2) is 4.68 Å². The third kappa shape index (κ3) is 3.85. The van der Waals surface area contributed by atoms with Gasteiger partial charge in [0.2, 0.25) is 11.8 Å². The Balaban J connectivity index is 1.58. The molecule has 3 unspecified atom stereocenters. The molecule has 2 aromatic rings. The maximum atomic E-state index is 14.6. The quantitative estimate of drug-likeness (QED) is 0.359. The van der Waals surface area contributed by atoms with Crippen molar-refractivity contribution in [3.05, 3.63) is 36.9 Å². The van der Waals surface area contributed by atoms with Gasteiger partial charge in [-0.15, -0.1) is 23.4 Å². The van der Waals surface area contributed by atoms with E-state index < -0.39 is 28.7 Å². The average Bonchev–Trinajstić information content (AvgIpc) is 3.62. The molecule has 2 amide bonds. The molecule has 5 rings (SSSR count). The number of para-hydroxylation sites is 1. The molecule has 0 radical (unpaired) electrons. The molecule has 4 heterocycles. The zero-order valence-electron chi connectivity index (χ0n) is 22.0. The first-order valence-electron chi connectivity index (χ1n) is 13.3. The minimum Gasteiger partial charge on any atom is -0.466 e. The first-order chi connectivity index (χ1) is 18.3. The lowest BCUT2D eigenvalue weighted by molar-refractivity contribution is -0.154. The number of amides is 2. The zero-order valence-corrected chi connectivity index (χ0v) is 22.8. The van der Waals surface area contributed by atoms with E-state index >= 15 is 0 Å². The fourth-order valence-corrected chi connectivity index (χ4v) is 9.17. The number of aliphatic hydroxyl groups excluding tert-OH is 1. The average molecular weight is 542 g/mol. The van der Waals surface area contributed by atoms with E-state index in [1.54, 1.807) is 39.2 Å². The minimum atomic E-state index is -0.837. The summed E-state index contributed by atoms with van der Waals surface area (Å²) in [6, 6.07) is 6.15. The van der Waals surface area contributed by atoms with Gasteiger partial charge in [0, 0.05) is 11.8 Å². The van der Waals surface area contributed by atoms with E-state index in [1.165, 1.54) is 0 Å². The monoisotopic (exact) mass is 541 g/mol. The topological polar surface area (TPSA) is 118 Å². The summed E-state index contributed by atoms with van der Waals surface area (Å²) >= 11 is 1.60. The molecule has 0 saturated carbocycles. The first-order valence-corrected chi connectivity index (χ1v) is 14.2. The van der Waals surface area contributed by atoms with Crippen LogP contribution in [0, 0.1) is 17.8 Å². The van der Waals surface area contributed by atoms with Crippen molar-refractivity contribution in [2.45, 2.75) is 62.4 Å². The molecule has 204 valence electrons. The largest absolute Gasteiger partial charge is 0.466 e. The lowest BCUT2D eigenvalue weighted by atomic mass is 9.66. The number of esters is 1. The van der Waals surface area contributed by atoms with Gasteiger partial charge in [-0.05, 0) is 37.8 Å². The number of likely N-dealkylation sites (tertiary alicyclic amines) is 1. The lowest BCUT2D eigenvalue weighted by Gasteiger charge is -2.41. The molecular weight excluding hydrogens is 506 g/mol. The van der Waals surface area contributed by atoms with Gasteiger partial charge in [0.25, 0.3) is 0 Å². The number of aromatic nitrogens is 3. The number of rotatable bonds is 10. The lowest BCUT2D eigenvalue weighted by Crippen LogP contribution is -2.59. The van der Waals surface area contributed by atoms with E-state index in [1.807, 2.05) is 31.2 Å². The predicted octanol–water partition coefficient (Wildman–Crippen LogP) is 2.07. The van der Waals surface area contributed by atoms with Crippen LogP contribution < -0.4 is 0 Å². The fourth-order valence-electron chi connectivity index (χ4n) is 6.78. The molecule has 10 nitrogen and oxygen atoms in total. The number of hydrogen-bond acceptors (Lipinski definition) is 8. The SMILES string of the molecule is C=CCN(Cn1nnc2ccccc21)C(=O)C1N([C@@H](CC)CO)C(=O)[C@@H]2[C@H](C(=O)OCC)[C@@H]3CC(C)C12S3. The number of thioether (sulfide) groups is 1. The molecule has 1 aromatic heterocycles. The van der Waals surface area contributed by atoms with Gasteiger partial charge < -0.3 is 19.6 Å². The van der Waals surface area contributed by atoms with Gasteiger partial charge in [-0.2, -0.15) is 0 Å². The summed E-state index contributed by atoms with van der Waals surface area (Å²) in [6.45, 7) is 9.91. The summed E-state index contributed by atoms with van der Waals surface area (Å²) in [5, 5.41) is 18.7. The van der Waals surface area contributed by atoms with E-state index in [0.717, 1.165) is 17.5 Å². The summed E-state index contributed by atoms with van der Waals surface area (Å²) in [5.74, 6) is -2.12. The Morgan fingerprint density at radius 3 is 2.82 bits per heavy atom. The number of ether oxygens (including phenoxy) is 1. The molecule has 3 aliphatic rings. The molecule has 7 atom stereocenters. The number of aliphatic hydroxyl groups is 1. The van der Waals surface area contributed by atoms with Crippen LogP contribution in [0.3, 0.4) is 0 Å². The van der Waals surface area contributed by atoms with Crippen LogP contribution in [0.1, 0.15) is 33.6 Å². The highest BCUT2D eigenvalue weighted by molar-refractivity contribution is 8.02. The molecule has 1 spiro atoms. The third-order valence-electron chi connectivity index (χ3n) is 8.44. The standard InChI is InChI=1S/C27H35N5O5S/c1-5-12-30(15-31-19-11-9-8-10-18(19)28-29-31)25(35)23-27-16(4)13-20(38-27)21(26(36)37-7-3)22(27)24(34)32(23)17(6-2)14-33/h5,8-11,16-17,20-23,33H,1,6-7,12-15H2,2-4H3/t16?,17-,20-,21+,22-,23?,27?/m0/s1. The van der Waals surface area contributed by atoms with Gasteiger partial charge in [0.05, 0.1) is 41.4 Å². The Morgan fingerprint density at radius 1 is 1.37 bits per heavy atom. The maximum Gasteiger partial charge on any atom is 0.310 e. The van der Waals surface area contributed by atoms with E-state index in [0.29, 0.717) is 6.42 Å². The molecule has 11 heteroatoms. The van der Waals surface area contributed by atoms with Crippen LogP contribution in [0.5, 0.6) is 0 Å². The number of carbonyl (C=O) groups excluding carboxylic acids is 3. The Bertz CT molecular complexity index is 1250. The normalized spacial score (nSPS) is 30.5. The van der Waals surface area contributed by atoms with E-state index in [4.69, 9.17) is 4.74 Å². The van der Waals surface area contributed by atoms with Gasteiger partial charge >= 0.3 is 5.97 Å². The van der Waals surface area contributed by atoms with Crippen molar-refractivity contribution in [1.29, 1.82) is 0 Å². The van der Waals surface area contributed by atoms with Gasteiger partial charge in [0.15, 0.2) is 0 Å². The Kier molecular flexibility index (Phi) is 7.25. The summed E-state index contributed by atoms with van der Waals surface area (Å²) in [6.07, 6.45) is 2.86. The molecule has 38 heavy (non-hydrogen) atoms. The number of fused-ring (bicyclic) bond motifs is 2. The van der Waals surface area contributed by atoms with E-state index in [-0.39, 0.29) is 55.4 Å². The van der Waals surface area contributed by atoms with Crippen molar-refractivity contribution in [2.24, 2.45) is 17.8 Å². The summed E-state index contributed by atoms with van der Waals surface area (Å²) in [5.41, 5.74) is 1.51. The Labute approximate surface area is 226 Å². The first kappa shape index (κ1) is 26.7. The molecule has 3 saturated heterocycles. The van der Waals surface area contributed by atoms with E-state index in [9.17, 15) is 19.5 Å². The Morgan fingerprint density at radius 2 is 2.13 bits per heavy atom. The smallest absolute Gasteiger partial charge is 0.310 e. The summed E-state index contributed by atoms with van der Waals surface area (Å²) in [4.78, 5) is 45.1. The number of hydrogen-bond donors (Lipinski definition) is 1. The zero-order chi connectivity index (χ0) is 27.2. The molecule has 3 fully saturated rings. The van der Waals surface area contributed by atoms with E-state index in [2.05, 4.69) is 23.8 Å². The highest BCUT2D eigenvalue weighted by Gasteiger charge is 2.77. The second kappa shape index (κ2) is 10.3. The maximum absolute atomic E-state index is 14.6. The van der Waals surface area contributed by atoms with Crippen molar-refractivity contribution in [1.82, 2.24) is 24.8 Å². The number of benzene rings is 1. The molecule has 1 N–H and O–H groups in total. The molecular formula is C27H35N5O5S. The van der Waals surface area contributed by atoms with Crippen LogP contribution >= 0.6 is 11.8 Å². The second-order valence-corrected chi connectivity index (χ2v) is 11.9. The van der Waals surface area contributed by atoms with Gasteiger partial charge in [-0.1, -0.05) is 37.3 Å². The molecule has 0 aliphatic carbocycles. The number of nitrogens with zero attached hydrogens (tertiary/aromatic N) is 5. The van der Waals surface area contributed by atoms with Crippen molar-refractivity contribution >= 4 is 40.6 Å². The van der Waals surface area contributed by atoms with Crippen LogP contribution in [0.25, 0.3) is 11.0 Å². The van der Waals surface area contributed by atoms with Crippen LogP contribution in [0.4, 0.5) is 0 Å². The van der Waals surface area contributed by atoms with Crippen molar-refractivity contribution in [2.75, 3.05) is 19.8 Å². The fraction of sp³-hybridized carbons (Fsp3) is 0.593. The molecule has 3 aliphatic heterocycles. The van der Waals surface area contributed by atoms with Crippen molar-refractivity contribution < 1.29 is 24.2 Å². The van der Waals surface area contributed by atoms with Crippen LogP contribution in [-0.4, -0.2) is 89.5 Å². The van der Waals surface area contributed by atoms with Crippen LogP contribution in [0.15, 0.2) is 36.9 Å². The summed E-state index contributed by atoms with van der Waals surface area (Å²) in [7, 11) is 0. The molecule has 1 aromatic carbocycles. The summed E-state index contributed by atoms with van der Waals surface area (Å²) < 4.78 is 6.29. The van der Waals surface area contributed by atoms with Gasteiger partial charge in [0.1, 0.15) is 18.2 Å². The predicted molar refractivity (Wildman–Crippen MR) is 143 cm³/mol. The number of carbonyl (C=O) groups is 3. The third-order valence-corrected chi connectivity index (χ3v) is 10.5.